The standard InChI is InChI=1S/C10F21.Na/c11-1(3(14,15)16)2(12,13)4(17,18)5(19,20)6(21,22)7(23,24)8(25,26)9(27,28)10(29,30)31;/q-1;+1. The molecule has 0 aliphatic rings. The van der Waals surface area contributed by atoms with Gasteiger partial charge in [0, 0.05) is 6.17 Å². The molecule has 22 heteroatoms. The maximum atomic E-state index is 13.1. The molecule has 32 heavy (non-hydrogen) atoms. The van der Waals surface area contributed by atoms with Crippen molar-refractivity contribution in [3.8, 4) is 0 Å². The molecule has 0 aromatic rings. The normalized spacial score (nSPS) is 16.3. The van der Waals surface area contributed by atoms with Gasteiger partial charge in [0.15, 0.2) is 0 Å². The fraction of sp³-hybridized carbons (Fsp3) is 0.900. The van der Waals surface area contributed by atoms with Gasteiger partial charge in [-0.3, -0.25) is 0 Å². The molecule has 0 amide bonds. The van der Waals surface area contributed by atoms with E-state index in [1.165, 1.54) is 0 Å². The van der Waals surface area contributed by atoms with E-state index in [0.717, 1.165) is 0 Å². The van der Waals surface area contributed by atoms with E-state index in [1.54, 1.807) is 0 Å². The third kappa shape index (κ3) is 4.33. The van der Waals surface area contributed by atoms with Gasteiger partial charge in [-0.2, -0.15) is 65.9 Å². The number of alkyl halides is 20. The van der Waals surface area contributed by atoms with Crippen molar-refractivity contribution in [1.82, 2.24) is 0 Å². The molecule has 0 aliphatic carbocycles. The molecule has 0 aliphatic heterocycles. The van der Waals surface area contributed by atoms with E-state index < -0.39 is 60.0 Å². The van der Waals surface area contributed by atoms with Gasteiger partial charge in [0.25, 0.3) is 0 Å². The molecule has 0 radical (unpaired) electrons. The predicted molar refractivity (Wildman–Crippen MR) is 51.1 cm³/mol. The summed E-state index contributed by atoms with van der Waals surface area (Å²) in [5.74, 6) is -61.3. The van der Waals surface area contributed by atoms with Gasteiger partial charge < -0.3 is 4.39 Å². The molecular weight excluding hydrogens is 542 g/mol. The van der Waals surface area contributed by atoms with Crippen LogP contribution in [0.25, 0.3) is 0 Å². The van der Waals surface area contributed by atoms with Crippen LogP contribution in [0.5, 0.6) is 0 Å². The van der Waals surface area contributed by atoms with Crippen molar-refractivity contribution >= 4 is 0 Å². The topological polar surface area (TPSA) is 0 Å². The van der Waals surface area contributed by atoms with Crippen LogP contribution in [0.1, 0.15) is 0 Å². The van der Waals surface area contributed by atoms with Gasteiger partial charge in [-0.25, -0.2) is 22.0 Å². The number of halogens is 21. The minimum Gasteiger partial charge on any atom is -0.441 e. The van der Waals surface area contributed by atoms with Crippen LogP contribution >= 0.6 is 0 Å². The predicted octanol–water partition coefficient (Wildman–Crippen LogP) is 4.06. The second-order valence-corrected chi connectivity index (χ2v) is 5.33. The fourth-order valence-electron chi connectivity index (χ4n) is 1.48. The largest absolute Gasteiger partial charge is 1.00 e. The van der Waals surface area contributed by atoms with Crippen LogP contribution in [-0.4, -0.2) is 53.8 Å². The summed E-state index contributed by atoms with van der Waals surface area (Å²) in [4.78, 5) is 0. The first-order chi connectivity index (χ1) is 12.9. The number of hydrogen-bond acceptors (Lipinski definition) is 0. The van der Waals surface area contributed by atoms with E-state index in [2.05, 4.69) is 0 Å². The molecule has 0 fully saturated rings. The van der Waals surface area contributed by atoms with Crippen LogP contribution in [0, 0.1) is 6.17 Å². The Bertz CT molecular complexity index is 652. The quantitative estimate of drug-likeness (QED) is 0.259. The summed E-state index contributed by atoms with van der Waals surface area (Å²) in [7, 11) is 0. The zero-order chi connectivity index (χ0) is 26.1. The van der Waals surface area contributed by atoms with Crippen molar-refractivity contribution in [3.05, 3.63) is 6.17 Å². The maximum absolute atomic E-state index is 13.1. The first-order valence-electron chi connectivity index (χ1n) is 6.22. The summed E-state index contributed by atoms with van der Waals surface area (Å²) in [5, 5.41) is 0. The van der Waals surface area contributed by atoms with Gasteiger partial charge in [-0.1, -0.05) is 0 Å². The summed E-state index contributed by atoms with van der Waals surface area (Å²) in [6.07, 6.45) is -20.9. The number of rotatable bonds is 7. The summed E-state index contributed by atoms with van der Waals surface area (Å²) in [6.45, 7) is 0. The molecule has 0 aromatic heterocycles. The van der Waals surface area contributed by atoms with Crippen LogP contribution in [0.15, 0.2) is 0 Å². The minimum atomic E-state index is -9.07. The summed E-state index contributed by atoms with van der Waals surface area (Å²) in [5.41, 5.74) is 0. The van der Waals surface area contributed by atoms with Crippen LogP contribution in [0.2, 0.25) is 0 Å². The van der Waals surface area contributed by atoms with Gasteiger partial charge in [0.1, 0.15) is 0 Å². The first-order valence-corrected chi connectivity index (χ1v) is 6.22. The van der Waals surface area contributed by atoms with Crippen molar-refractivity contribution in [2.75, 3.05) is 0 Å². The van der Waals surface area contributed by atoms with Crippen LogP contribution in [-0.2, 0) is 0 Å². The molecule has 0 heterocycles. The molecule has 0 bridgehead atoms. The fourth-order valence-corrected chi connectivity index (χ4v) is 1.48. The molecule has 0 spiro atoms. The maximum Gasteiger partial charge on any atom is 1.00 e. The molecular formula is C10F21Na. The second-order valence-electron chi connectivity index (χ2n) is 5.33. The van der Waals surface area contributed by atoms with E-state index in [0.29, 0.717) is 0 Å². The minimum absolute atomic E-state index is 0. The van der Waals surface area contributed by atoms with Crippen molar-refractivity contribution in [2.24, 2.45) is 0 Å². The van der Waals surface area contributed by atoms with Crippen molar-refractivity contribution in [2.45, 2.75) is 53.8 Å². The third-order valence-electron chi connectivity index (χ3n) is 3.25. The molecule has 0 rings (SSSR count). The summed E-state index contributed by atoms with van der Waals surface area (Å²) >= 11 is 0. The Hall–Kier alpha value is -0.470. The van der Waals surface area contributed by atoms with E-state index in [4.69, 9.17) is 0 Å². The molecule has 0 N–H and O–H groups in total. The van der Waals surface area contributed by atoms with Crippen LogP contribution in [0.4, 0.5) is 92.2 Å². The SMILES string of the molecule is F[C-](C(F)(F)F)C(F)(F)C(F)(F)C(F)(F)C(F)(F)C(F)(F)C(F)(F)C(F)(F)C(F)(F)F.[Na+]. The van der Waals surface area contributed by atoms with Crippen molar-refractivity contribution in [3.63, 3.8) is 0 Å². The van der Waals surface area contributed by atoms with Gasteiger partial charge in [0.2, 0.25) is 5.92 Å². The van der Waals surface area contributed by atoms with E-state index in [1.807, 2.05) is 0 Å². The van der Waals surface area contributed by atoms with Crippen LogP contribution in [0.3, 0.4) is 0 Å². The second kappa shape index (κ2) is 8.33. The summed E-state index contributed by atoms with van der Waals surface area (Å²) < 4.78 is 263. The Morgan fingerprint density at radius 3 is 0.781 bits per heavy atom. The average Bonchev–Trinajstić information content (AvgIpc) is 2.50. The van der Waals surface area contributed by atoms with Crippen molar-refractivity contribution in [1.29, 1.82) is 0 Å². The summed E-state index contributed by atoms with van der Waals surface area (Å²) in [6, 6.07) is 0. The van der Waals surface area contributed by atoms with E-state index >= 15 is 0 Å². The van der Waals surface area contributed by atoms with Gasteiger partial charge >= 0.3 is 77.4 Å². The third-order valence-corrected chi connectivity index (χ3v) is 3.25. The van der Waals surface area contributed by atoms with Gasteiger partial charge in [-0.05, 0) is 0 Å². The molecule has 0 nitrogen and oxygen atoms in total. The van der Waals surface area contributed by atoms with Crippen LogP contribution < -0.4 is 29.6 Å². The Morgan fingerprint density at radius 1 is 0.344 bits per heavy atom. The van der Waals surface area contributed by atoms with Gasteiger partial charge in [-0.15, -0.1) is 0 Å². The zero-order valence-corrected chi connectivity index (χ0v) is 15.9. The molecule has 188 valence electrons. The first kappa shape index (κ1) is 33.7. The van der Waals surface area contributed by atoms with E-state index in [9.17, 15) is 92.2 Å². The zero-order valence-electron chi connectivity index (χ0n) is 13.9. The Balaban J connectivity index is 0. The van der Waals surface area contributed by atoms with E-state index in [-0.39, 0.29) is 29.6 Å². The average molecular weight is 542 g/mol. The molecule has 0 saturated heterocycles. The van der Waals surface area contributed by atoms with Crippen molar-refractivity contribution < 1.29 is 122 Å². The number of hydrogen-bond donors (Lipinski definition) is 0. The van der Waals surface area contributed by atoms with Gasteiger partial charge in [0.05, 0.1) is 0 Å². The smallest absolute Gasteiger partial charge is 0.441 e. The molecule has 0 aromatic carbocycles. The molecule has 0 atom stereocenters. The Labute approximate surface area is 182 Å². The monoisotopic (exact) mass is 542 g/mol. The Kier molecular flexibility index (Phi) is 8.77. The Morgan fingerprint density at radius 2 is 0.562 bits per heavy atom. The molecule has 0 saturated carbocycles. The molecule has 0 unspecified atom stereocenters.